The quantitative estimate of drug-likeness (QED) is 0.121. The van der Waals surface area contributed by atoms with Gasteiger partial charge >= 0.3 is 0 Å². The molecule has 8 aromatic carbocycles. The number of rotatable bonds is 11. The molecule has 0 N–H and O–H groups in total. The summed E-state index contributed by atoms with van der Waals surface area (Å²) in [5, 5.41) is 0. The zero-order chi connectivity index (χ0) is 49.5. The Labute approximate surface area is 432 Å². The molecule has 73 heavy (non-hydrogen) atoms. The van der Waals surface area contributed by atoms with Crippen molar-refractivity contribution in [2.24, 2.45) is 11.8 Å². The Hall–Kier alpha value is -8.32. The van der Waals surface area contributed by atoms with Gasteiger partial charge in [0.1, 0.15) is 0 Å². The standard InChI is InChI=1S/C73H60/c1-49-20-18-29-63(44-49)73(62-27-12-7-13-28-62)71-33-17-16-32-67(71)68-43-40-57(48-72(68)73)52(4)64-30-14-15-31-65(64)61-26-19-25-58(45-61)60-41-42-66(69-46-59(35-34-50(69)2)55-23-10-6-11-24-55)70(47-60)51(3)53-36-38-56(39-37-53)54-21-8-5-9-22-54/h5-43,45,47-49,59,67,71H,3-4,44,46H2,1-2H3. The highest BCUT2D eigenvalue weighted by Crippen LogP contribution is 2.61. The van der Waals surface area contributed by atoms with Crippen LogP contribution in [0.1, 0.15) is 88.6 Å². The smallest absolute Gasteiger partial charge is 0.0489 e. The topological polar surface area (TPSA) is 0 Å². The Balaban J connectivity index is 0.927. The van der Waals surface area contributed by atoms with E-state index in [2.05, 4.69) is 269 Å². The van der Waals surface area contributed by atoms with Crippen LogP contribution in [0, 0.1) is 11.8 Å². The van der Waals surface area contributed by atoms with Crippen LogP contribution in [0.15, 0.2) is 279 Å². The zero-order valence-corrected chi connectivity index (χ0v) is 41.9. The molecule has 0 bridgehead atoms. The van der Waals surface area contributed by atoms with E-state index >= 15 is 0 Å². The van der Waals surface area contributed by atoms with Crippen LogP contribution in [0.2, 0.25) is 0 Å². The first-order chi connectivity index (χ1) is 35.8. The van der Waals surface area contributed by atoms with Gasteiger partial charge in [0.15, 0.2) is 0 Å². The van der Waals surface area contributed by atoms with Crippen LogP contribution < -0.4 is 0 Å². The molecule has 0 saturated heterocycles. The van der Waals surface area contributed by atoms with Crippen molar-refractivity contribution >= 4 is 16.7 Å². The average Bonchev–Trinajstić information content (AvgIpc) is 3.76. The third-order valence-corrected chi connectivity index (χ3v) is 16.3. The predicted molar refractivity (Wildman–Crippen MR) is 310 cm³/mol. The van der Waals surface area contributed by atoms with Crippen LogP contribution >= 0.6 is 0 Å². The van der Waals surface area contributed by atoms with Gasteiger partial charge in [-0.05, 0) is 150 Å². The van der Waals surface area contributed by atoms with E-state index in [-0.39, 0.29) is 17.3 Å². The van der Waals surface area contributed by atoms with E-state index in [0.717, 1.165) is 62.9 Å². The van der Waals surface area contributed by atoms with E-state index in [1.54, 1.807) is 0 Å². The maximum absolute atomic E-state index is 4.92. The van der Waals surface area contributed by atoms with Crippen molar-refractivity contribution in [2.75, 3.05) is 0 Å². The molecule has 0 heteroatoms. The normalized spacial score (nSPS) is 20.6. The molecule has 0 aliphatic heterocycles. The summed E-state index contributed by atoms with van der Waals surface area (Å²) in [6, 6.07) is 73.9. The van der Waals surface area contributed by atoms with Crippen LogP contribution in [-0.2, 0) is 5.41 Å². The summed E-state index contributed by atoms with van der Waals surface area (Å²) < 4.78 is 0. The van der Waals surface area contributed by atoms with Crippen LogP contribution in [0.3, 0.4) is 0 Å². The van der Waals surface area contributed by atoms with E-state index < -0.39 is 0 Å². The molecule has 4 aliphatic rings. The van der Waals surface area contributed by atoms with Gasteiger partial charge in [-0.15, -0.1) is 0 Å². The van der Waals surface area contributed by atoms with Crippen molar-refractivity contribution in [2.45, 2.75) is 43.9 Å². The molecule has 5 unspecified atom stereocenters. The lowest BCUT2D eigenvalue weighted by Gasteiger charge is -2.42. The highest BCUT2D eigenvalue weighted by Gasteiger charge is 2.54. The van der Waals surface area contributed by atoms with Crippen molar-refractivity contribution < 1.29 is 0 Å². The van der Waals surface area contributed by atoms with E-state index in [4.69, 9.17) is 13.2 Å². The monoisotopic (exact) mass is 936 g/mol. The fraction of sp³-hybridized carbons (Fsp3) is 0.123. The van der Waals surface area contributed by atoms with Crippen LogP contribution in [0.5, 0.6) is 0 Å². The molecule has 0 spiro atoms. The second kappa shape index (κ2) is 19.4. The first-order valence-electron chi connectivity index (χ1n) is 26.1. The Morgan fingerprint density at radius 3 is 1.93 bits per heavy atom. The second-order valence-electron chi connectivity index (χ2n) is 20.6. The zero-order valence-electron chi connectivity index (χ0n) is 41.9. The van der Waals surface area contributed by atoms with Crippen molar-refractivity contribution in [3.63, 3.8) is 0 Å². The molecular weight excluding hydrogens is 877 g/mol. The lowest BCUT2D eigenvalue weighted by Crippen LogP contribution is -2.37. The lowest BCUT2D eigenvalue weighted by atomic mass is 9.60. The molecule has 0 heterocycles. The van der Waals surface area contributed by atoms with Crippen LogP contribution in [0.25, 0.3) is 50.1 Å². The number of benzene rings is 8. The second-order valence-corrected chi connectivity index (χ2v) is 20.6. The summed E-state index contributed by atoms with van der Waals surface area (Å²) >= 11 is 0. The third-order valence-electron chi connectivity index (χ3n) is 16.3. The van der Waals surface area contributed by atoms with E-state index in [9.17, 15) is 0 Å². The van der Waals surface area contributed by atoms with Crippen LogP contribution in [0.4, 0.5) is 0 Å². The minimum Gasteiger partial charge on any atom is -0.0905 e. The third kappa shape index (κ3) is 8.32. The molecule has 4 aliphatic carbocycles. The molecule has 0 fully saturated rings. The van der Waals surface area contributed by atoms with Crippen molar-refractivity contribution in [1.82, 2.24) is 0 Å². The average molecular weight is 937 g/mol. The molecular formula is C73H60. The first-order valence-corrected chi connectivity index (χ1v) is 26.1. The minimum absolute atomic E-state index is 0.275. The van der Waals surface area contributed by atoms with Gasteiger partial charge in [-0.3, -0.25) is 0 Å². The molecule has 352 valence electrons. The minimum atomic E-state index is -0.302. The molecule has 12 rings (SSSR count). The number of fused-ring (bicyclic) bond motifs is 3. The fourth-order valence-electron chi connectivity index (χ4n) is 12.6. The molecule has 5 atom stereocenters. The van der Waals surface area contributed by atoms with Crippen molar-refractivity contribution in [3.8, 4) is 33.4 Å². The van der Waals surface area contributed by atoms with Gasteiger partial charge in [0.25, 0.3) is 0 Å². The number of hydrogen-bond donors (Lipinski definition) is 0. The Bertz CT molecular complexity index is 3610. The molecule has 0 aromatic heterocycles. The van der Waals surface area contributed by atoms with Crippen LogP contribution in [-0.4, -0.2) is 0 Å². The molecule has 8 aromatic rings. The number of hydrogen-bond acceptors (Lipinski definition) is 0. The number of allylic oxidation sites excluding steroid dienone is 12. The highest BCUT2D eigenvalue weighted by molar-refractivity contribution is 5.92. The van der Waals surface area contributed by atoms with Gasteiger partial charge in [-0.1, -0.05) is 262 Å². The van der Waals surface area contributed by atoms with E-state index in [0.29, 0.717) is 11.8 Å². The van der Waals surface area contributed by atoms with Gasteiger partial charge in [0, 0.05) is 23.2 Å². The van der Waals surface area contributed by atoms with Gasteiger partial charge < -0.3 is 0 Å². The van der Waals surface area contributed by atoms with Gasteiger partial charge in [-0.25, -0.2) is 0 Å². The van der Waals surface area contributed by atoms with Crippen molar-refractivity contribution in [3.05, 3.63) is 329 Å². The SMILES string of the molecule is C=C(c1ccc(-c2ccccc2)cc1)c1cc(-c2cccc(-c3ccccc3C(=C)c3ccc4c(c3)C(C3=CC=CC(C)C3)(c3ccccc3)C3C=CC=CC43)c2)ccc1C1=C(C)C=CC(c2ccccc2)C1. The van der Waals surface area contributed by atoms with E-state index in [1.807, 2.05) is 0 Å². The summed E-state index contributed by atoms with van der Waals surface area (Å²) in [6.07, 6.45) is 23.1. The Morgan fingerprint density at radius 2 is 1.14 bits per heavy atom. The van der Waals surface area contributed by atoms with E-state index in [1.165, 1.54) is 61.2 Å². The van der Waals surface area contributed by atoms with Crippen molar-refractivity contribution in [1.29, 1.82) is 0 Å². The molecule has 0 radical (unpaired) electrons. The highest BCUT2D eigenvalue weighted by atomic mass is 14.6. The first kappa shape index (κ1) is 45.8. The summed E-state index contributed by atoms with van der Waals surface area (Å²) in [4.78, 5) is 0. The van der Waals surface area contributed by atoms with Gasteiger partial charge in [-0.2, -0.15) is 0 Å². The summed E-state index contributed by atoms with van der Waals surface area (Å²) in [5.74, 6) is 1.33. The molecule has 0 nitrogen and oxygen atoms in total. The molecule has 0 saturated carbocycles. The molecule has 0 amide bonds. The predicted octanol–water partition coefficient (Wildman–Crippen LogP) is 19.0. The maximum Gasteiger partial charge on any atom is 0.0489 e. The summed E-state index contributed by atoms with van der Waals surface area (Å²) in [5.41, 5.74) is 24.2. The lowest BCUT2D eigenvalue weighted by molar-refractivity contribution is 0.425. The maximum atomic E-state index is 4.92. The van der Waals surface area contributed by atoms with Gasteiger partial charge in [0.05, 0.1) is 0 Å². The van der Waals surface area contributed by atoms with Gasteiger partial charge in [0.2, 0.25) is 0 Å². The fourth-order valence-corrected chi connectivity index (χ4v) is 12.6. The summed E-state index contributed by atoms with van der Waals surface area (Å²) in [7, 11) is 0. The largest absolute Gasteiger partial charge is 0.0905 e. The Kier molecular flexibility index (Phi) is 12.1. The summed E-state index contributed by atoms with van der Waals surface area (Å²) in [6.45, 7) is 14.4. The Morgan fingerprint density at radius 1 is 0.493 bits per heavy atom.